The molecule has 0 aliphatic carbocycles. The summed E-state index contributed by atoms with van der Waals surface area (Å²) in [6.45, 7) is 9.00. The number of fused-ring (bicyclic) bond motifs is 2. The molecule has 0 amide bonds. The van der Waals surface area contributed by atoms with E-state index in [1.807, 2.05) is 0 Å². The first kappa shape index (κ1) is 32.4. The second kappa shape index (κ2) is 13.7. The second-order valence-corrected chi connectivity index (χ2v) is 14.6. The fourth-order valence-electron chi connectivity index (χ4n) is 7.21. The van der Waals surface area contributed by atoms with Gasteiger partial charge in [-0.15, -0.1) is 0 Å². The van der Waals surface area contributed by atoms with Crippen molar-refractivity contribution in [2.24, 2.45) is 0 Å². The van der Waals surface area contributed by atoms with E-state index < -0.39 is 0 Å². The van der Waals surface area contributed by atoms with E-state index in [1.54, 1.807) is 0 Å². The van der Waals surface area contributed by atoms with Gasteiger partial charge in [0, 0.05) is 26.0 Å². The molecular formula is C45H39Br2N. The van der Waals surface area contributed by atoms with E-state index in [9.17, 15) is 0 Å². The molecule has 0 heterocycles. The number of anilines is 3. The summed E-state index contributed by atoms with van der Waals surface area (Å²) in [5, 5.41) is 5.23. The van der Waals surface area contributed by atoms with Gasteiger partial charge in [-0.25, -0.2) is 0 Å². The van der Waals surface area contributed by atoms with Gasteiger partial charge in [0.05, 0.1) is 0 Å². The van der Waals surface area contributed by atoms with Gasteiger partial charge < -0.3 is 4.90 Å². The molecule has 0 spiro atoms. The molecule has 0 bridgehead atoms. The Morgan fingerprint density at radius 3 is 1.54 bits per heavy atom. The lowest BCUT2D eigenvalue weighted by Gasteiger charge is -2.26. The predicted molar refractivity (Wildman–Crippen MR) is 215 cm³/mol. The van der Waals surface area contributed by atoms with Crippen LogP contribution >= 0.6 is 31.9 Å². The molecular weight excluding hydrogens is 714 g/mol. The maximum absolute atomic E-state index is 3.61. The van der Waals surface area contributed by atoms with Crippen molar-refractivity contribution in [3.05, 3.63) is 159 Å². The van der Waals surface area contributed by atoms with Crippen molar-refractivity contribution in [2.75, 3.05) is 4.90 Å². The van der Waals surface area contributed by atoms with E-state index in [4.69, 9.17) is 0 Å². The van der Waals surface area contributed by atoms with E-state index in [0.29, 0.717) is 0 Å². The summed E-state index contributed by atoms with van der Waals surface area (Å²) in [7, 11) is 0. The van der Waals surface area contributed by atoms with Crippen LogP contribution in [0.2, 0.25) is 0 Å². The van der Waals surface area contributed by atoms with Gasteiger partial charge in [-0.05, 0) is 142 Å². The second-order valence-electron chi connectivity index (χ2n) is 12.7. The minimum Gasteiger partial charge on any atom is -0.311 e. The van der Waals surface area contributed by atoms with Crippen LogP contribution in [0.4, 0.5) is 17.1 Å². The molecule has 0 aliphatic heterocycles. The minimum absolute atomic E-state index is 1.04. The Hall–Kier alpha value is -4.18. The van der Waals surface area contributed by atoms with Crippen LogP contribution in [0, 0.1) is 13.8 Å². The van der Waals surface area contributed by atoms with E-state index in [0.717, 1.165) is 45.3 Å². The van der Waals surface area contributed by atoms with Gasteiger partial charge in [0.15, 0.2) is 0 Å². The van der Waals surface area contributed by atoms with Crippen LogP contribution in [0.5, 0.6) is 0 Å². The molecule has 0 saturated heterocycles. The van der Waals surface area contributed by atoms with Crippen LogP contribution in [-0.4, -0.2) is 0 Å². The summed E-state index contributed by atoms with van der Waals surface area (Å²) in [6.07, 6.45) is 3.25. The van der Waals surface area contributed by atoms with Crippen LogP contribution in [0.3, 0.4) is 0 Å². The first-order valence-corrected chi connectivity index (χ1v) is 18.4. The summed E-state index contributed by atoms with van der Waals surface area (Å²) in [4.78, 5) is 2.31. The van der Waals surface area contributed by atoms with Gasteiger partial charge in [-0.1, -0.05) is 130 Å². The number of nitrogens with zero attached hydrogens (tertiary/aromatic N) is 1. The normalized spacial score (nSPS) is 11.4. The highest BCUT2D eigenvalue weighted by molar-refractivity contribution is 9.10. The smallest absolute Gasteiger partial charge is 0.0462 e. The van der Waals surface area contributed by atoms with Crippen LogP contribution in [-0.2, 0) is 12.8 Å². The first-order valence-electron chi connectivity index (χ1n) is 16.9. The van der Waals surface area contributed by atoms with E-state index in [-0.39, 0.29) is 0 Å². The zero-order chi connectivity index (χ0) is 33.4. The Bertz CT molecular complexity index is 2200. The molecule has 7 aromatic carbocycles. The number of aryl methyl sites for hydroxylation is 3. The number of halogens is 2. The van der Waals surface area contributed by atoms with E-state index in [2.05, 4.69) is 192 Å². The molecule has 0 aromatic heterocycles. The predicted octanol–water partition coefficient (Wildman–Crippen LogP) is 14.5. The van der Waals surface area contributed by atoms with Gasteiger partial charge in [0.1, 0.15) is 0 Å². The van der Waals surface area contributed by atoms with Crippen molar-refractivity contribution < 1.29 is 0 Å². The molecule has 238 valence electrons. The average molecular weight is 754 g/mol. The number of benzene rings is 7. The number of hydrogen-bond donors (Lipinski definition) is 0. The van der Waals surface area contributed by atoms with Crippen LogP contribution in [0.15, 0.2) is 136 Å². The zero-order valence-corrected chi connectivity index (χ0v) is 31.1. The Morgan fingerprint density at radius 2 is 1.02 bits per heavy atom. The summed E-state index contributed by atoms with van der Waals surface area (Å²) in [5.41, 5.74) is 14.1. The van der Waals surface area contributed by atoms with Crippen molar-refractivity contribution in [1.29, 1.82) is 0 Å². The van der Waals surface area contributed by atoms with E-state index in [1.165, 1.54) is 66.1 Å². The topological polar surface area (TPSA) is 3.24 Å². The molecule has 48 heavy (non-hydrogen) atoms. The zero-order valence-electron chi connectivity index (χ0n) is 27.9. The van der Waals surface area contributed by atoms with Crippen molar-refractivity contribution in [3.8, 4) is 22.3 Å². The maximum atomic E-state index is 3.61. The van der Waals surface area contributed by atoms with Crippen molar-refractivity contribution >= 4 is 70.5 Å². The summed E-state index contributed by atoms with van der Waals surface area (Å²) in [6, 6.07) is 47.1. The van der Waals surface area contributed by atoms with E-state index >= 15 is 0 Å². The van der Waals surface area contributed by atoms with Gasteiger partial charge in [-0.2, -0.15) is 0 Å². The average Bonchev–Trinajstić information content (AvgIpc) is 3.10. The van der Waals surface area contributed by atoms with Gasteiger partial charge >= 0.3 is 0 Å². The lowest BCUT2D eigenvalue weighted by atomic mass is 9.82. The Morgan fingerprint density at radius 1 is 0.521 bits per heavy atom. The van der Waals surface area contributed by atoms with Gasteiger partial charge in [0.25, 0.3) is 0 Å². The maximum Gasteiger partial charge on any atom is 0.0462 e. The minimum atomic E-state index is 1.04. The standard InChI is InChI=1S/C45H39Br2N/c1-5-8-38-31(6-2)9-7-10-39(38)45-41-26-12-29(3)27-42(41)44(40-25-11-30(4)28-43(40)45)32-13-19-35(20-14-32)48(36-21-15-33(46)16-22-36)37-23-17-34(47)18-24-37/h7,9-28H,5-6,8H2,1-4H3. The molecule has 0 N–H and O–H groups in total. The molecule has 0 saturated carbocycles. The van der Waals surface area contributed by atoms with Crippen molar-refractivity contribution in [3.63, 3.8) is 0 Å². The quantitative estimate of drug-likeness (QED) is 0.140. The first-order chi connectivity index (χ1) is 23.4. The number of hydrogen-bond acceptors (Lipinski definition) is 1. The van der Waals surface area contributed by atoms with Crippen LogP contribution < -0.4 is 4.90 Å². The fraction of sp³-hybridized carbons (Fsp3) is 0.156. The highest BCUT2D eigenvalue weighted by Gasteiger charge is 2.20. The molecule has 0 atom stereocenters. The lowest BCUT2D eigenvalue weighted by Crippen LogP contribution is -2.09. The monoisotopic (exact) mass is 751 g/mol. The van der Waals surface area contributed by atoms with Gasteiger partial charge in [-0.3, -0.25) is 0 Å². The highest BCUT2D eigenvalue weighted by Crippen LogP contribution is 2.46. The van der Waals surface area contributed by atoms with Crippen LogP contribution in [0.1, 0.15) is 42.5 Å². The summed E-state index contributed by atoms with van der Waals surface area (Å²) >= 11 is 7.23. The van der Waals surface area contributed by atoms with Crippen molar-refractivity contribution in [2.45, 2.75) is 47.0 Å². The third-order valence-corrected chi connectivity index (χ3v) is 10.5. The Balaban J connectivity index is 1.47. The Labute approximate surface area is 301 Å². The third-order valence-electron chi connectivity index (χ3n) is 9.43. The molecule has 7 rings (SSSR count). The Kier molecular flexibility index (Phi) is 9.27. The van der Waals surface area contributed by atoms with Gasteiger partial charge in [0.2, 0.25) is 0 Å². The molecule has 7 aromatic rings. The van der Waals surface area contributed by atoms with Crippen molar-refractivity contribution in [1.82, 2.24) is 0 Å². The largest absolute Gasteiger partial charge is 0.311 e. The fourth-order valence-corrected chi connectivity index (χ4v) is 7.74. The summed E-state index contributed by atoms with van der Waals surface area (Å²) < 4.78 is 2.13. The molecule has 0 aliphatic rings. The molecule has 0 radical (unpaired) electrons. The number of rotatable bonds is 8. The third kappa shape index (κ3) is 6.11. The molecule has 1 nitrogen and oxygen atoms in total. The highest BCUT2D eigenvalue weighted by atomic mass is 79.9. The molecule has 0 unspecified atom stereocenters. The van der Waals surface area contributed by atoms with Crippen LogP contribution in [0.25, 0.3) is 43.8 Å². The summed E-state index contributed by atoms with van der Waals surface area (Å²) in [5.74, 6) is 0. The lowest BCUT2D eigenvalue weighted by molar-refractivity contribution is 0.902. The SMILES string of the molecule is CCCc1c(CC)cccc1-c1c2ccc(C)cc2c(-c2ccc(N(c3ccc(Br)cc3)c3ccc(Br)cc3)cc2)c2ccc(C)cc12. The molecule has 0 fully saturated rings. The molecule has 3 heteroatoms.